The molecule has 0 radical (unpaired) electrons. The Hall–Kier alpha value is -2.34. The van der Waals surface area contributed by atoms with E-state index in [0.717, 1.165) is 31.2 Å². The van der Waals surface area contributed by atoms with E-state index < -0.39 is 0 Å². The molecule has 1 aliphatic carbocycles. The Balaban J connectivity index is 1.92. The van der Waals surface area contributed by atoms with E-state index in [1.807, 2.05) is 0 Å². The molecule has 27 heavy (non-hydrogen) atoms. The largest absolute Gasteiger partial charge is 0.497 e. The van der Waals surface area contributed by atoms with Gasteiger partial charge in [-0.15, -0.1) is 11.3 Å². The van der Waals surface area contributed by atoms with Crippen molar-refractivity contribution in [2.24, 2.45) is 5.92 Å². The molecule has 1 aromatic heterocycles. The van der Waals surface area contributed by atoms with Crippen molar-refractivity contribution in [3.8, 4) is 5.75 Å². The molecule has 144 valence electrons. The van der Waals surface area contributed by atoms with E-state index in [-0.39, 0.29) is 11.9 Å². The summed E-state index contributed by atoms with van der Waals surface area (Å²) in [6.07, 6.45) is 4.00. The summed E-state index contributed by atoms with van der Waals surface area (Å²) < 4.78 is 10.5. The van der Waals surface area contributed by atoms with Crippen molar-refractivity contribution in [1.29, 1.82) is 0 Å². The fourth-order valence-corrected chi connectivity index (χ4v) is 4.79. The molecule has 0 saturated carbocycles. The minimum atomic E-state index is -0.356. The number of hydrogen-bond donors (Lipinski definition) is 1. The second-order valence-corrected chi connectivity index (χ2v) is 7.74. The molecule has 6 heteroatoms. The normalized spacial score (nSPS) is 15.7. The second-order valence-electron chi connectivity index (χ2n) is 6.63. The number of anilines is 1. The van der Waals surface area contributed by atoms with Gasteiger partial charge >= 0.3 is 5.97 Å². The average Bonchev–Trinajstić information content (AvgIpc) is 3.04. The number of carbonyl (C=O) groups is 2. The third-order valence-corrected chi connectivity index (χ3v) is 6.15. The zero-order chi connectivity index (χ0) is 19.4. The number of fused-ring (bicyclic) bond motifs is 1. The van der Waals surface area contributed by atoms with E-state index in [4.69, 9.17) is 9.47 Å². The number of hydrogen-bond acceptors (Lipinski definition) is 5. The van der Waals surface area contributed by atoms with E-state index in [9.17, 15) is 9.59 Å². The monoisotopic (exact) mass is 387 g/mol. The first-order valence-corrected chi connectivity index (χ1v) is 10.2. The molecule has 1 N–H and O–H groups in total. The number of nitrogens with one attached hydrogen (secondary N) is 1. The van der Waals surface area contributed by atoms with Crippen molar-refractivity contribution in [2.45, 2.75) is 39.5 Å². The maximum atomic E-state index is 12.7. The lowest BCUT2D eigenvalue weighted by atomic mass is 9.85. The quantitative estimate of drug-likeness (QED) is 0.730. The van der Waals surface area contributed by atoms with Gasteiger partial charge in [0, 0.05) is 10.4 Å². The first-order valence-electron chi connectivity index (χ1n) is 9.34. The lowest BCUT2D eigenvalue weighted by molar-refractivity contribution is 0.0526. The Morgan fingerprint density at radius 2 is 2.11 bits per heavy atom. The number of methoxy groups -OCH3 is 1. The van der Waals surface area contributed by atoms with Crippen LogP contribution in [0.15, 0.2) is 24.3 Å². The van der Waals surface area contributed by atoms with Crippen LogP contribution in [0.25, 0.3) is 0 Å². The standard InChI is InChI=1S/C21H25NO4S/c1-4-13-9-10-16-17(11-13)27-20(18(16)21(24)26-5-2)22-19(23)14-7-6-8-15(12-14)25-3/h6-8,12-13H,4-5,9-11H2,1-3H3,(H,22,23)/t13-/m0/s1. The molecule has 1 atom stereocenters. The van der Waals surface area contributed by atoms with Crippen LogP contribution in [0.2, 0.25) is 0 Å². The summed E-state index contributed by atoms with van der Waals surface area (Å²) in [7, 11) is 1.56. The van der Waals surface area contributed by atoms with Crippen LogP contribution < -0.4 is 10.1 Å². The molecule has 1 aromatic carbocycles. The summed E-state index contributed by atoms with van der Waals surface area (Å²) >= 11 is 1.50. The number of amides is 1. The molecule has 0 spiro atoms. The Labute approximate surface area is 163 Å². The Bertz CT molecular complexity index is 843. The number of esters is 1. The number of thiophene rings is 1. The van der Waals surface area contributed by atoms with Crippen LogP contribution in [0.4, 0.5) is 5.00 Å². The van der Waals surface area contributed by atoms with E-state index in [1.54, 1.807) is 38.3 Å². The van der Waals surface area contributed by atoms with E-state index >= 15 is 0 Å². The van der Waals surface area contributed by atoms with Gasteiger partial charge in [0.05, 0.1) is 19.3 Å². The molecular formula is C21H25NO4S. The molecule has 0 unspecified atom stereocenters. The molecule has 3 rings (SSSR count). The van der Waals surface area contributed by atoms with Crippen LogP contribution >= 0.6 is 11.3 Å². The molecule has 0 aliphatic heterocycles. The maximum Gasteiger partial charge on any atom is 0.341 e. The van der Waals surface area contributed by atoms with E-state index in [0.29, 0.717) is 34.4 Å². The fourth-order valence-electron chi connectivity index (χ4n) is 3.45. The molecule has 2 aromatic rings. The predicted octanol–water partition coefficient (Wildman–Crippen LogP) is 4.70. The summed E-state index contributed by atoms with van der Waals surface area (Å²) in [5.74, 6) is 0.633. The van der Waals surface area contributed by atoms with Crippen molar-refractivity contribution >= 4 is 28.2 Å². The molecule has 1 amide bonds. The van der Waals surface area contributed by atoms with Crippen LogP contribution in [0.1, 0.15) is 57.8 Å². The average molecular weight is 388 g/mol. The molecule has 1 heterocycles. The maximum absolute atomic E-state index is 12.7. The minimum absolute atomic E-state index is 0.259. The number of ether oxygens (including phenoxy) is 2. The zero-order valence-corrected chi connectivity index (χ0v) is 16.8. The van der Waals surface area contributed by atoms with Gasteiger partial charge in [-0.05, 0) is 55.9 Å². The van der Waals surface area contributed by atoms with Crippen molar-refractivity contribution in [3.63, 3.8) is 0 Å². The van der Waals surface area contributed by atoms with Gasteiger partial charge in [0.25, 0.3) is 5.91 Å². The molecule has 0 fully saturated rings. The van der Waals surface area contributed by atoms with Crippen LogP contribution in [0.5, 0.6) is 5.75 Å². The highest BCUT2D eigenvalue weighted by atomic mass is 32.1. The van der Waals surface area contributed by atoms with Gasteiger partial charge in [-0.3, -0.25) is 4.79 Å². The van der Waals surface area contributed by atoms with Gasteiger partial charge in [0.1, 0.15) is 10.8 Å². The first-order chi connectivity index (χ1) is 13.1. The Kier molecular flexibility index (Phi) is 6.16. The molecular weight excluding hydrogens is 362 g/mol. The van der Waals surface area contributed by atoms with Crippen LogP contribution in [-0.2, 0) is 17.6 Å². The molecule has 5 nitrogen and oxygen atoms in total. The number of carbonyl (C=O) groups excluding carboxylic acids is 2. The summed E-state index contributed by atoms with van der Waals surface area (Å²) in [6, 6.07) is 6.96. The number of benzene rings is 1. The first kappa shape index (κ1) is 19.4. The fraction of sp³-hybridized carbons (Fsp3) is 0.429. The van der Waals surface area contributed by atoms with Gasteiger partial charge in [-0.1, -0.05) is 19.4 Å². The lowest BCUT2D eigenvalue weighted by Crippen LogP contribution is -2.17. The smallest absolute Gasteiger partial charge is 0.341 e. The van der Waals surface area contributed by atoms with Crippen LogP contribution in [0, 0.1) is 5.92 Å². The van der Waals surface area contributed by atoms with Gasteiger partial charge in [-0.2, -0.15) is 0 Å². The predicted molar refractivity (Wildman–Crippen MR) is 107 cm³/mol. The van der Waals surface area contributed by atoms with Crippen molar-refractivity contribution in [3.05, 3.63) is 45.8 Å². The summed E-state index contributed by atoms with van der Waals surface area (Å²) in [5.41, 5.74) is 2.06. The minimum Gasteiger partial charge on any atom is -0.497 e. The molecule has 0 bridgehead atoms. The van der Waals surface area contributed by atoms with Gasteiger partial charge in [0.15, 0.2) is 0 Å². The summed E-state index contributed by atoms with van der Waals surface area (Å²) in [6.45, 7) is 4.30. The summed E-state index contributed by atoms with van der Waals surface area (Å²) in [5, 5.41) is 3.52. The van der Waals surface area contributed by atoms with Crippen molar-refractivity contribution < 1.29 is 19.1 Å². The third kappa shape index (κ3) is 4.16. The zero-order valence-electron chi connectivity index (χ0n) is 16.0. The Morgan fingerprint density at radius 1 is 1.30 bits per heavy atom. The third-order valence-electron chi connectivity index (χ3n) is 4.98. The Morgan fingerprint density at radius 3 is 2.81 bits per heavy atom. The van der Waals surface area contributed by atoms with Gasteiger partial charge in [-0.25, -0.2) is 4.79 Å². The highest BCUT2D eigenvalue weighted by molar-refractivity contribution is 7.17. The highest BCUT2D eigenvalue weighted by Gasteiger charge is 2.30. The highest BCUT2D eigenvalue weighted by Crippen LogP contribution is 2.41. The second kappa shape index (κ2) is 8.57. The lowest BCUT2D eigenvalue weighted by Gasteiger charge is -2.20. The van der Waals surface area contributed by atoms with E-state index in [2.05, 4.69) is 12.2 Å². The molecule has 1 aliphatic rings. The molecule has 0 saturated heterocycles. The number of rotatable bonds is 6. The van der Waals surface area contributed by atoms with Crippen molar-refractivity contribution in [1.82, 2.24) is 0 Å². The topological polar surface area (TPSA) is 64.6 Å². The summed E-state index contributed by atoms with van der Waals surface area (Å²) in [4.78, 5) is 26.5. The van der Waals surface area contributed by atoms with E-state index in [1.165, 1.54) is 16.2 Å². The van der Waals surface area contributed by atoms with Gasteiger partial charge < -0.3 is 14.8 Å². The SMILES string of the molecule is CCOC(=O)c1c(NC(=O)c2cccc(OC)c2)sc2c1CC[C@H](CC)C2. The van der Waals surface area contributed by atoms with Gasteiger partial charge in [0.2, 0.25) is 0 Å². The van der Waals surface area contributed by atoms with Crippen molar-refractivity contribution in [2.75, 3.05) is 19.0 Å². The van der Waals surface area contributed by atoms with Crippen LogP contribution in [-0.4, -0.2) is 25.6 Å². The van der Waals surface area contributed by atoms with Crippen LogP contribution in [0.3, 0.4) is 0 Å².